The van der Waals surface area contributed by atoms with Gasteiger partial charge in [-0.1, -0.05) is 25.1 Å². The average molecular weight is 227 g/mol. The second-order valence-electron chi connectivity index (χ2n) is 3.41. The van der Waals surface area contributed by atoms with E-state index in [9.17, 15) is 4.39 Å². The Labute approximate surface area is 95.5 Å². The molecule has 1 aromatic rings. The Morgan fingerprint density at radius 3 is 2.73 bits per heavy atom. The first-order chi connectivity index (χ1) is 7.29. The summed E-state index contributed by atoms with van der Waals surface area (Å²) in [6.45, 7) is 2.92. The fourth-order valence-electron chi connectivity index (χ4n) is 1.61. The Kier molecular flexibility index (Phi) is 5.73. The minimum Gasteiger partial charge on any atom is -0.310 e. The molecule has 0 spiro atoms. The van der Waals surface area contributed by atoms with Gasteiger partial charge < -0.3 is 5.32 Å². The lowest BCUT2D eigenvalue weighted by molar-refractivity contribution is 0.504. The van der Waals surface area contributed by atoms with E-state index in [1.165, 1.54) is 6.07 Å². The van der Waals surface area contributed by atoms with Gasteiger partial charge in [-0.3, -0.25) is 0 Å². The van der Waals surface area contributed by atoms with Crippen LogP contribution in [-0.4, -0.2) is 18.6 Å². The highest BCUT2D eigenvalue weighted by molar-refractivity contribution is 7.98. The van der Waals surface area contributed by atoms with Crippen LogP contribution in [-0.2, 0) is 0 Å². The maximum absolute atomic E-state index is 13.5. The third kappa shape index (κ3) is 3.84. The van der Waals surface area contributed by atoms with Crippen LogP contribution < -0.4 is 5.32 Å². The maximum atomic E-state index is 13.5. The number of rotatable bonds is 6. The van der Waals surface area contributed by atoms with Crippen molar-refractivity contribution in [3.63, 3.8) is 0 Å². The lowest BCUT2D eigenvalue weighted by Crippen LogP contribution is -2.22. The molecule has 3 heteroatoms. The molecule has 0 radical (unpaired) electrons. The molecule has 1 N–H and O–H groups in total. The number of benzene rings is 1. The van der Waals surface area contributed by atoms with Crippen LogP contribution in [0.15, 0.2) is 24.3 Å². The van der Waals surface area contributed by atoms with Crippen LogP contribution in [0, 0.1) is 5.82 Å². The summed E-state index contributed by atoms with van der Waals surface area (Å²) in [4.78, 5) is 0. The third-order valence-corrected chi connectivity index (χ3v) is 2.99. The molecule has 0 amide bonds. The van der Waals surface area contributed by atoms with Crippen LogP contribution in [0.3, 0.4) is 0 Å². The van der Waals surface area contributed by atoms with Crippen molar-refractivity contribution in [2.24, 2.45) is 0 Å². The zero-order valence-electron chi connectivity index (χ0n) is 9.29. The molecule has 0 heterocycles. The zero-order valence-corrected chi connectivity index (χ0v) is 10.1. The average Bonchev–Trinajstić information content (AvgIpc) is 2.25. The highest BCUT2D eigenvalue weighted by atomic mass is 32.2. The molecule has 1 unspecified atom stereocenters. The smallest absolute Gasteiger partial charge is 0.127 e. The van der Waals surface area contributed by atoms with E-state index in [0.717, 1.165) is 24.3 Å². The predicted molar refractivity (Wildman–Crippen MR) is 65.8 cm³/mol. The van der Waals surface area contributed by atoms with E-state index < -0.39 is 0 Å². The summed E-state index contributed by atoms with van der Waals surface area (Å²) < 4.78 is 13.5. The van der Waals surface area contributed by atoms with Crippen LogP contribution in [0.2, 0.25) is 0 Å². The van der Waals surface area contributed by atoms with Crippen molar-refractivity contribution in [3.05, 3.63) is 35.6 Å². The fourth-order valence-corrected chi connectivity index (χ4v) is 2.08. The van der Waals surface area contributed by atoms with E-state index in [0.29, 0.717) is 0 Å². The van der Waals surface area contributed by atoms with E-state index >= 15 is 0 Å². The first-order valence-corrected chi connectivity index (χ1v) is 6.65. The number of thioether (sulfide) groups is 1. The molecule has 0 aromatic heterocycles. The van der Waals surface area contributed by atoms with Gasteiger partial charge in [0.2, 0.25) is 0 Å². The normalized spacial score (nSPS) is 12.7. The van der Waals surface area contributed by atoms with Crippen LogP contribution in [0.5, 0.6) is 0 Å². The summed E-state index contributed by atoms with van der Waals surface area (Å²) in [6, 6.07) is 7.16. The summed E-state index contributed by atoms with van der Waals surface area (Å²) in [6.07, 6.45) is 3.04. The monoisotopic (exact) mass is 227 g/mol. The van der Waals surface area contributed by atoms with E-state index in [4.69, 9.17) is 0 Å². The Bertz CT molecular complexity index is 291. The van der Waals surface area contributed by atoms with Gasteiger partial charge in [-0.15, -0.1) is 0 Å². The molecule has 0 bridgehead atoms. The molecule has 0 aliphatic carbocycles. The first-order valence-electron chi connectivity index (χ1n) is 5.26. The minimum atomic E-state index is -0.107. The van der Waals surface area contributed by atoms with E-state index in [-0.39, 0.29) is 11.9 Å². The molecule has 84 valence electrons. The van der Waals surface area contributed by atoms with Crippen molar-refractivity contribution in [2.45, 2.75) is 19.4 Å². The van der Waals surface area contributed by atoms with Crippen LogP contribution in [0.25, 0.3) is 0 Å². The molecule has 0 aliphatic rings. The summed E-state index contributed by atoms with van der Waals surface area (Å²) in [5.41, 5.74) is 0.786. The summed E-state index contributed by atoms with van der Waals surface area (Å²) >= 11 is 1.79. The van der Waals surface area contributed by atoms with Gasteiger partial charge in [0.05, 0.1) is 0 Å². The van der Waals surface area contributed by atoms with Crippen molar-refractivity contribution in [3.8, 4) is 0 Å². The number of hydrogen-bond acceptors (Lipinski definition) is 2. The fraction of sp³-hybridized carbons (Fsp3) is 0.500. The SMILES string of the molecule is CCNC(CCSC)c1ccccc1F. The van der Waals surface area contributed by atoms with Gasteiger partial charge in [-0.05, 0) is 31.0 Å². The highest BCUT2D eigenvalue weighted by Crippen LogP contribution is 2.21. The lowest BCUT2D eigenvalue weighted by atomic mass is 10.0. The second kappa shape index (κ2) is 6.85. The molecule has 1 rings (SSSR count). The van der Waals surface area contributed by atoms with E-state index in [1.54, 1.807) is 17.8 Å². The summed E-state index contributed by atoms with van der Waals surface area (Å²) in [7, 11) is 0. The molecular formula is C12H18FNS. The molecule has 15 heavy (non-hydrogen) atoms. The Morgan fingerprint density at radius 2 is 2.13 bits per heavy atom. The van der Waals surface area contributed by atoms with Gasteiger partial charge in [-0.2, -0.15) is 11.8 Å². The molecular weight excluding hydrogens is 209 g/mol. The number of halogens is 1. The molecule has 1 atom stereocenters. The van der Waals surface area contributed by atoms with Crippen molar-refractivity contribution in [1.82, 2.24) is 5.32 Å². The van der Waals surface area contributed by atoms with Crippen molar-refractivity contribution >= 4 is 11.8 Å². The van der Waals surface area contributed by atoms with E-state index in [2.05, 4.69) is 11.6 Å². The zero-order chi connectivity index (χ0) is 11.1. The molecule has 0 saturated heterocycles. The minimum absolute atomic E-state index is 0.107. The highest BCUT2D eigenvalue weighted by Gasteiger charge is 2.13. The van der Waals surface area contributed by atoms with Crippen molar-refractivity contribution in [1.29, 1.82) is 0 Å². The van der Waals surface area contributed by atoms with Gasteiger partial charge >= 0.3 is 0 Å². The Hall–Kier alpha value is -0.540. The largest absolute Gasteiger partial charge is 0.310 e. The topological polar surface area (TPSA) is 12.0 Å². The van der Waals surface area contributed by atoms with Gasteiger partial charge in [0.1, 0.15) is 5.82 Å². The predicted octanol–water partition coefficient (Wildman–Crippen LogP) is 3.23. The Morgan fingerprint density at radius 1 is 1.40 bits per heavy atom. The van der Waals surface area contributed by atoms with Crippen molar-refractivity contribution in [2.75, 3.05) is 18.6 Å². The molecule has 0 fully saturated rings. The standard InChI is InChI=1S/C12H18FNS/c1-3-14-12(8-9-15-2)10-6-4-5-7-11(10)13/h4-7,12,14H,3,8-9H2,1-2H3. The van der Waals surface area contributed by atoms with Gasteiger partial charge in [0.15, 0.2) is 0 Å². The quantitative estimate of drug-likeness (QED) is 0.800. The van der Waals surface area contributed by atoms with E-state index in [1.807, 2.05) is 19.1 Å². The van der Waals surface area contributed by atoms with Gasteiger partial charge in [0.25, 0.3) is 0 Å². The summed E-state index contributed by atoms with van der Waals surface area (Å²) in [5.74, 6) is 0.941. The van der Waals surface area contributed by atoms with Crippen LogP contribution >= 0.6 is 11.8 Å². The van der Waals surface area contributed by atoms with Crippen LogP contribution in [0.4, 0.5) is 4.39 Å². The Balaban J connectivity index is 2.74. The molecule has 0 saturated carbocycles. The summed E-state index contributed by atoms with van der Waals surface area (Å²) in [5, 5.41) is 3.32. The third-order valence-electron chi connectivity index (χ3n) is 2.34. The number of nitrogens with one attached hydrogen (secondary N) is 1. The van der Waals surface area contributed by atoms with Gasteiger partial charge in [-0.25, -0.2) is 4.39 Å². The molecule has 1 aromatic carbocycles. The van der Waals surface area contributed by atoms with Gasteiger partial charge in [0, 0.05) is 11.6 Å². The molecule has 0 aliphatic heterocycles. The lowest BCUT2D eigenvalue weighted by Gasteiger charge is -2.18. The van der Waals surface area contributed by atoms with Crippen LogP contribution in [0.1, 0.15) is 24.9 Å². The molecule has 1 nitrogen and oxygen atoms in total. The second-order valence-corrected chi connectivity index (χ2v) is 4.40. The first kappa shape index (κ1) is 12.5. The van der Waals surface area contributed by atoms with Crippen molar-refractivity contribution < 1.29 is 4.39 Å². The number of hydrogen-bond donors (Lipinski definition) is 1. The maximum Gasteiger partial charge on any atom is 0.127 e.